The summed E-state index contributed by atoms with van der Waals surface area (Å²) in [5.41, 5.74) is 1.86. The van der Waals surface area contributed by atoms with Gasteiger partial charge in [-0.25, -0.2) is 4.98 Å². The Kier molecular flexibility index (Phi) is 3.90. The molecule has 0 amide bonds. The van der Waals surface area contributed by atoms with Crippen LogP contribution >= 0.6 is 12.4 Å². The molecule has 0 saturated heterocycles. The predicted molar refractivity (Wildman–Crippen MR) is 59.7 cm³/mol. The smallest absolute Gasteiger partial charge is 0.0991 e. The highest BCUT2D eigenvalue weighted by Crippen LogP contribution is 2.05. The Hall–Kier alpha value is -1.79. The van der Waals surface area contributed by atoms with Crippen molar-refractivity contribution in [3.8, 4) is 6.07 Å². The van der Waals surface area contributed by atoms with Crippen LogP contribution < -0.4 is 0 Å². The first-order chi connectivity index (χ1) is 6.88. The third-order valence-corrected chi connectivity index (χ3v) is 2.01. The van der Waals surface area contributed by atoms with Gasteiger partial charge in [-0.1, -0.05) is 12.1 Å². The number of hydrogen-bond acceptors (Lipinski definition) is 2. The van der Waals surface area contributed by atoms with Gasteiger partial charge in [-0.05, 0) is 17.7 Å². The molecule has 15 heavy (non-hydrogen) atoms. The minimum atomic E-state index is 0. The Bertz CT molecular complexity index is 440. The van der Waals surface area contributed by atoms with Crippen molar-refractivity contribution in [1.29, 1.82) is 5.26 Å². The van der Waals surface area contributed by atoms with E-state index >= 15 is 0 Å². The van der Waals surface area contributed by atoms with E-state index in [-0.39, 0.29) is 12.4 Å². The summed E-state index contributed by atoms with van der Waals surface area (Å²) in [6.07, 6.45) is 5.44. The first-order valence-corrected chi connectivity index (χ1v) is 4.33. The number of imidazole rings is 1. The molecule has 0 bridgehead atoms. The Morgan fingerprint density at radius 2 is 2.00 bits per heavy atom. The molecule has 0 radical (unpaired) electrons. The first-order valence-electron chi connectivity index (χ1n) is 4.33. The van der Waals surface area contributed by atoms with E-state index in [9.17, 15) is 0 Å². The van der Waals surface area contributed by atoms with Crippen LogP contribution in [-0.2, 0) is 6.54 Å². The number of halogens is 1. The molecule has 0 N–H and O–H groups in total. The second-order valence-electron chi connectivity index (χ2n) is 3.04. The van der Waals surface area contributed by atoms with Gasteiger partial charge in [0.1, 0.15) is 0 Å². The Morgan fingerprint density at radius 1 is 1.27 bits per heavy atom. The molecule has 1 aromatic heterocycles. The normalized spacial score (nSPS) is 9.00. The second kappa shape index (κ2) is 5.18. The Morgan fingerprint density at radius 3 is 2.53 bits per heavy atom. The van der Waals surface area contributed by atoms with Crippen LogP contribution in [0.2, 0.25) is 0 Å². The Labute approximate surface area is 94.4 Å². The number of benzene rings is 1. The first kappa shape index (κ1) is 11.3. The second-order valence-corrected chi connectivity index (χ2v) is 3.04. The van der Waals surface area contributed by atoms with Crippen LogP contribution in [0.4, 0.5) is 0 Å². The van der Waals surface area contributed by atoms with Crippen LogP contribution in [0.1, 0.15) is 11.1 Å². The summed E-state index contributed by atoms with van der Waals surface area (Å²) in [7, 11) is 0. The maximum atomic E-state index is 8.62. The van der Waals surface area contributed by atoms with Crippen molar-refractivity contribution in [1.82, 2.24) is 9.55 Å². The van der Waals surface area contributed by atoms with Gasteiger partial charge in [-0.15, -0.1) is 12.4 Å². The van der Waals surface area contributed by atoms with E-state index in [1.165, 1.54) is 5.56 Å². The fourth-order valence-electron chi connectivity index (χ4n) is 1.28. The van der Waals surface area contributed by atoms with E-state index in [0.29, 0.717) is 5.56 Å². The van der Waals surface area contributed by atoms with Crippen molar-refractivity contribution >= 4 is 12.4 Å². The molecule has 0 unspecified atom stereocenters. The van der Waals surface area contributed by atoms with Crippen LogP contribution in [0.5, 0.6) is 0 Å². The van der Waals surface area contributed by atoms with E-state index < -0.39 is 0 Å². The standard InChI is InChI=1S/C11H9N3.ClH/c12-7-10-1-3-11(4-2-10)8-14-6-5-13-9-14;/h1-6,9H,8H2;1H. The monoisotopic (exact) mass is 219 g/mol. The number of hydrogen-bond donors (Lipinski definition) is 0. The zero-order valence-corrected chi connectivity index (χ0v) is 8.81. The third kappa shape index (κ3) is 2.83. The van der Waals surface area contributed by atoms with Crippen molar-refractivity contribution < 1.29 is 0 Å². The number of aromatic nitrogens is 2. The van der Waals surface area contributed by atoms with Crippen molar-refractivity contribution in [3.63, 3.8) is 0 Å². The van der Waals surface area contributed by atoms with Crippen LogP contribution in [0, 0.1) is 11.3 Å². The topological polar surface area (TPSA) is 41.6 Å². The highest BCUT2D eigenvalue weighted by Gasteiger charge is 1.94. The molecular weight excluding hydrogens is 210 g/mol. The maximum absolute atomic E-state index is 8.62. The van der Waals surface area contributed by atoms with E-state index in [4.69, 9.17) is 5.26 Å². The molecule has 0 aliphatic rings. The number of nitrogens with zero attached hydrogens (tertiary/aromatic N) is 3. The highest BCUT2D eigenvalue weighted by molar-refractivity contribution is 5.85. The molecule has 1 aromatic carbocycles. The number of nitriles is 1. The molecule has 0 aliphatic carbocycles. The van der Waals surface area contributed by atoms with E-state index in [0.717, 1.165) is 6.54 Å². The molecular formula is C11H10ClN3. The van der Waals surface area contributed by atoms with Gasteiger partial charge in [-0.3, -0.25) is 0 Å². The fourth-order valence-corrected chi connectivity index (χ4v) is 1.28. The summed E-state index contributed by atoms with van der Waals surface area (Å²) in [6, 6.07) is 9.66. The molecule has 4 heteroatoms. The SMILES string of the molecule is Cl.N#Cc1ccc(Cn2ccnc2)cc1. The summed E-state index contributed by atoms with van der Waals surface area (Å²) in [5.74, 6) is 0. The lowest BCUT2D eigenvalue weighted by Gasteiger charge is -2.01. The number of rotatable bonds is 2. The van der Waals surface area contributed by atoms with Crippen LogP contribution in [0.3, 0.4) is 0 Å². The molecule has 0 aliphatic heterocycles. The minimum Gasteiger partial charge on any atom is -0.333 e. The third-order valence-electron chi connectivity index (χ3n) is 2.01. The summed E-state index contributed by atoms with van der Waals surface area (Å²) < 4.78 is 1.99. The van der Waals surface area contributed by atoms with Crippen LogP contribution in [-0.4, -0.2) is 9.55 Å². The fraction of sp³-hybridized carbons (Fsp3) is 0.0909. The molecule has 1 heterocycles. The van der Waals surface area contributed by atoms with Gasteiger partial charge >= 0.3 is 0 Å². The van der Waals surface area contributed by atoms with E-state index in [2.05, 4.69) is 11.1 Å². The zero-order valence-electron chi connectivity index (χ0n) is 8.00. The van der Waals surface area contributed by atoms with Gasteiger partial charge in [0.2, 0.25) is 0 Å². The zero-order chi connectivity index (χ0) is 9.80. The van der Waals surface area contributed by atoms with Crippen LogP contribution in [0.15, 0.2) is 43.0 Å². The van der Waals surface area contributed by atoms with Gasteiger partial charge in [0.25, 0.3) is 0 Å². The molecule has 3 nitrogen and oxygen atoms in total. The largest absolute Gasteiger partial charge is 0.333 e. The average Bonchev–Trinajstić information content (AvgIpc) is 2.72. The van der Waals surface area contributed by atoms with E-state index in [1.54, 1.807) is 12.5 Å². The van der Waals surface area contributed by atoms with E-state index in [1.807, 2.05) is 35.0 Å². The molecule has 0 fully saturated rings. The predicted octanol–water partition coefficient (Wildman–Crippen LogP) is 2.22. The van der Waals surface area contributed by atoms with Crippen molar-refractivity contribution in [2.75, 3.05) is 0 Å². The van der Waals surface area contributed by atoms with Crippen LogP contribution in [0.25, 0.3) is 0 Å². The quantitative estimate of drug-likeness (QED) is 0.777. The lowest BCUT2D eigenvalue weighted by molar-refractivity contribution is 0.797. The lowest BCUT2D eigenvalue weighted by atomic mass is 10.1. The summed E-state index contributed by atoms with van der Waals surface area (Å²) in [6.45, 7) is 0.797. The minimum absolute atomic E-state index is 0. The van der Waals surface area contributed by atoms with Gasteiger partial charge in [0.15, 0.2) is 0 Å². The Balaban J connectivity index is 0.00000112. The van der Waals surface area contributed by atoms with Crippen molar-refractivity contribution in [2.45, 2.75) is 6.54 Å². The lowest BCUT2D eigenvalue weighted by Crippen LogP contribution is -1.95. The summed E-state index contributed by atoms with van der Waals surface area (Å²) in [4.78, 5) is 3.96. The molecule has 76 valence electrons. The van der Waals surface area contributed by atoms with Gasteiger partial charge < -0.3 is 4.57 Å². The van der Waals surface area contributed by atoms with Gasteiger partial charge in [0.05, 0.1) is 18.0 Å². The molecule has 2 rings (SSSR count). The molecule has 0 saturated carbocycles. The van der Waals surface area contributed by atoms with Gasteiger partial charge in [-0.2, -0.15) is 5.26 Å². The van der Waals surface area contributed by atoms with Crippen molar-refractivity contribution in [2.24, 2.45) is 0 Å². The molecule has 0 spiro atoms. The highest BCUT2D eigenvalue weighted by atomic mass is 35.5. The summed E-state index contributed by atoms with van der Waals surface area (Å²) in [5, 5.41) is 8.62. The average molecular weight is 220 g/mol. The van der Waals surface area contributed by atoms with Crippen molar-refractivity contribution in [3.05, 3.63) is 54.1 Å². The van der Waals surface area contributed by atoms with Gasteiger partial charge in [0, 0.05) is 18.9 Å². The molecule has 2 aromatic rings. The maximum Gasteiger partial charge on any atom is 0.0991 e. The summed E-state index contributed by atoms with van der Waals surface area (Å²) >= 11 is 0. The molecule has 0 atom stereocenters.